The number of para-hydroxylation sites is 1. The SMILES string of the molecule is CCOC(=O)/C=C/N(c1ccccc1)c1cccc(C)c1. The number of carbonyl (C=O) groups excluding carboxylic acids is 1. The van der Waals surface area contributed by atoms with Crippen LogP contribution in [0.1, 0.15) is 12.5 Å². The first kappa shape index (κ1) is 14.9. The van der Waals surface area contributed by atoms with Gasteiger partial charge in [-0.2, -0.15) is 0 Å². The highest BCUT2D eigenvalue weighted by Gasteiger charge is 2.07. The van der Waals surface area contributed by atoms with Crippen molar-refractivity contribution in [1.82, 2.24) is 0 Å². The molecule has 21 heavy (non-hydrogen) atoms. The van der Waals surface area contributed by atoms with E-state index in [4.69, 9.17) is 4.74 Å². The first-order valence-electron chi connectivity index (χ1n) is 6.96. The summed E-state index contributed by atoms with van der Waals surface area (Å²) in [4.78, 5) is 13.5. The van der Waals surface area contributed by atoms with Crippen molar-refractivity contribution in [2.24, 2.45) is 0 Å². The zero-order valence-electron chi connectivity index (χ0n) is 12.3. The summed E-state index contributed by atoms with van der Waals surface area (Å²) in [5, 5.41) is 0. The zero-order chi connectivity index (χ0) is 15.1. The molecule has 0 radical (unpaired) electrons. The molecule has 0 aliphatic carbocycles. The second kappa shape index (κ2) is 7.29. The summed E-state index contributed by atoms with van der Waals surface area (Å²) >= 11 is 0. The third kappa shape index (κ3) is 4.21. The summed E-state index contributed by atoms with van der Waals surface area (Å²) in [5.41, 5.74) is 3.16. The normalized spacial score (nSPS) is 10.6. The second-order valence-electron chi connectivity index (χ2n) is 4.61. The average molecular weight is 281 g/mol. The predicted molar refractivity (Wildman–Crippen MR) is 85.5 cm³/mol. The van der Waals surface area contributed by atoms with Crippen LogP contribution in [0.15, 0.2) is 66.9 Å². The largest absolute Gasteiger partial charge is 0.463 e. The monoisotopic (exact) mass is 281 g/mol. The van der Waals surface area contributed by atoms with Crippen molar-refractivity contribution in [2.45, 2.75) is 13.8 Å². The van der Waals surface area contributed by atoms with Crippen LogP contribution in [0.4, 0.5) is 11.4 Å². The van der Waals surface area contributed by atoms with Gasteiger partial charge >= 0.3 is 5.97 Å². The zero-order valence-corrected chi connectivity index (χ0v) is 12.3. The summed E-state index contributed by atoms with van der Waals surface area (Å²) in [6.45, 7) is 4.21. The minimum absolute atomic E-state index is 0.342. The fraction of sp³-hybridized carbons (Fsp3) is 0.167. The van der Waals surface area contributed by atoms with Crippen molar-refractivity contribution in [3.63, 3.8) is 0 Å². The van der Waals surface area contributed by atoms with E-state index in [9.17, 15) is 4.79 Å². The molecule has 3 heteroatoms. The van der Waals surface area contributed by atoms with Gasteiger partial charge in [-0.1, -0.05) is 30.3 Å². The molecule has 108 valence electrons. The van der Waals surface area contributed by atoms with Gasteiger partial charge in [-0.05, 0) is 43.7 Å². The lowest BCUT2D eigenvalue weighted by Gasteiger charge is -2.21. The molecule has 0 fully saturated rings. The van der Waals surface area contributed by atoms with Gasteiger partial charge in [0, 0.05) is 23.7 Å². The first-order chi connectivity index (χ1) is 10.2. The Hall–Kier alpha value is -2.55. The number of hydrogen-bond donors (Lipinski definition) is 0. The van der Waals surface area contributed by atoms with E-state index in [1.54, 1.807) is 13.1 Å². The number of esters is 1. The van der Waals surface area contributed by atoms with E-state index in [2.05, 4.69) is 6.07 Å². The average Bonchev–Trinajstić information content (AvgIpc) is 2.49. The van der Waals surface area contributed by atoms with Gasteiger partial charge in [-0.15, -0.1) is 0 Å². The third-order valence-corrected chi connectivity index (χ3v) is 2.96. The molecule has 0 aliphatic heterocycles. The molecule has 0 aliphatic rings. The standard InChI is InChI=1S/C18H19NO2/c1-3-21-18(20)12-13-19(16-9-5-4-6-10-16)17-11-7-8-15(2)14-17/h4-14H,3H2,1-2H3/b13-12+. The van der Waals surface area contributed by atoms with Gasteiger partial charge in [0.25, 0.3) is 0 Å². The number of rotatable bonds is 5. The minimum atomic E-state index is -0.342. The molecule has 0 bridgehead atoms. The van der Waals surface area contributed by atoms with E-state index in [0.29, 0.717) is 6.61 Å². The van der Waals surface area contributed by atoms with Crippen LogP contribution >= 0.6 is 0 Å². The van der Waals surface area contributed by atoms with Gasteiger partial charge in [0.2, 0.25) is 0 Å². The van der Waals surface area contributed by atoms with Crippen molar-refractivity contribution >= 4 is 17.3 Å². The molecular weight excluding hydrogens is 262 g/mol. The van der Waals surface area contributed by atoms with Crippen molar-refractivity contribution in [3.8, 4) is 0 Å². The molecule has 0 saturated carbocycles. The Labute approximate surface area is 125 Å². The summed E-state index contributed by atoms with van der Waals surface area (Å²) in [5.74, 6) is -0.342. The molecule has 2 aromatic rings. The molecule has 2 aromatic carbocycles. The van der Waals surface area contributed by atoms with Crippen LogP contribution in [-0.2, 0) is 9.53 Å². The Bertz CT molecular complexity index is 620. The highest BCUT2D eigenvalue weighted by atomic mass is 16.5. The number of ether oxygens (including phenoxy) is 1. The molecular formula is C18H19NO2. The van der Waals surface area contributed by atoms with Gasteiger partial charge < -0.3 is 9.64 Å². The van der Waals surface area contributed by atoms with Crippen molar-refractivity contribution in [3.05, 3.63) is 72.4 Å². The van der Waals surface area contributed by atoms with E-state index in [1.807, 2.05) is 60.4 Å². The Kier molecular flexibility index (Phi) is 5.16. The van der Waals surface area contributed by atoms with E-state index >= 15 is 0 Å². The lowest BCUT2D eigenvalue weighted by molar-refractivity contribution is -0.137. The second-order valence-corrected chi connectivity index (χ2v) is 4.61. The third-order valence-electron chi connectivity index (χ3n) is 2.96. The van der Waals surface area contributed by atoms with Crippen LogP contribution in [0.25, 0.3) is 0 Å². The number of aryl methyl sites for hydroxylation is 1. The molecule has 0 unspecified atom stereocenters. The first-order valence-corrected chi connectivity index (χ1v) is 6.96. The van der Waals surface area contributed by atoms with Crippen LogP contribution in [0, 0.1) is 6.92 Å². The number of benzene rings is 2. The highest BCUT2D eigenvalue weighted by molar-refractivity contribution is 5.83. The summed E-state index contributed by atoms with van der Waals surface area (Å²) in [6.07, 6.45) is 3.18. The summed E-state index contributed by atoms with van der Waals surface area (Å²) in [6, 6.07) is 18.0. The van der Waals surface area contributed by atoms with Crippen molar-refractivity contribution in [2.75, 3.05) is 11.5 Å². The van der Waals surface area contributed by atoms with Gasteiger partial charge in [-0.25, -0.2) is 4.79 Å². The fourth-order valence-corrected chi connectivity index (χ4v) is 2.01. The molecule has 0 heterocycles. The lowest BCUT2D eigenvalue weighted by Crippen LogP contribution is -2.10. The van der Waals surface area contributed by atoms with E-state index in [-0.39, 0.29) is 5.97 Å². The van der Waals surface area contributed by atoms with E-state index in [1.165, 1.54) is 6.08 Å². The van der Waals surface area contributed by atoms with Crippen LogP contribution in [0.2, 0.25) is 0 Å². The molecule has 3 nitrogen and oxygen atoms in total. The van der Waals surface area contributed by atoms with Crippen molar-refractivity contribution in [1.29, 1.82) is 0 Å². The Morgan fingerprint density at radius 3 is 2.48 bits per heavy atom. The van der Waals surface area contributed by atoms with Crippen LogP contribution in [0.3, 0.4) is 0 Å². The number of nitrogens with zero attached hydrogens (tertiary/aromatic N) is 1. The van der Waals surface area contributed by atoms with Gasteiger partial charge in [0.15, 0.2) is 0 Å². The number of hydrogen-bond acceptors (Lipinski definition) is 3. The molecule has 0 amide bonds. The maximum Gasteiger partial charge on any atom is 0.332 e. The molecule has 0 spiro atoms. The fourth-order valence-electron chi connectivity index (χ4n) is 2.01. The Morgan fingerprint density at radius 2 is 1.81 bits per heavy atom. The topological polar surface area (TPSA) is 29.5 Å². The van der Waals surface area contributed by atoms with Gasteiger partial charge in [0.05, 0.1) is 6.61 Å². The lowest BCUT2D eigenvalue weighted by atomic mass is 10.2. The Morgan fingerprint density at radius 1 is 1.10 bits per heavy atom. The number of carbonyl (C=O) groups is 1. The minimum Gasteiger partial charge on any atom is -0.463 e. The van der Waals surface area contributed by atoms with Gasteiger partial charge in [0.1, 0.15) is 0 Å². The smallest absolute Gasteiger partial charge is 0.332 e. The molecule has 0 aromatic heterocycles. The highest BCUT2D eigenvalue weighted by Crippen LogP contribution is 2.26. The number of anilines is 2. The summed E-state index contributed by atoms with van der Waals surface area (Å²) < 4.78 is 4.94. The van der Waals surface area contributed by atoms with E-state index in [0.717, 1.165) is 16.9 Å². The molecule has 0 atom stereocenters. The van der Waals surface area contributed by atoms with E-state index < -0.39 is 0 Å². The van der Waals surface area contributed by atoms with Gasteiger partial charge in [-0.3, -0.25) is 0 Å². The maximum absolute atomic E-state index is 11.5. The van der Waals surface area contributed by atoms with Crippen molar-refractivity contribution < 1.29 is 9.53 Å². The molecule has 0 N–H and O–H groups in total. The maximum atomic E-state index is 11.5. The van der Waals surface area contributed by atoms with Crippen LogP contribution in [-0.4, -0.2) is 12.6 Å². The van der Waals surface area contributed by atoms with Crippen LogP contribution < -0.4 is 4.90 Å². The predicted octanol–water partition coefficient (Wildman–Crippen LogP) is 4.21. The molecule has 2 rings (SSSR count). The quantitative estimate of drug-likeness (QED) is 0.607. The molecule has 0 saturated heterocycles. The van der Waals surface area contributed by atoms with Crippen LogP contribution in [0.5, 0.6) is 0 Å². The Balaban J connectivity index is 2.33. The summed E-state index contributed by atoms with van der Waals surface area (Å²) in [7, 11) is 0.